The number of thioether (sulfide) groups is 1. The van der Waals surface area contributed by atoms with E-state index < -0.39 is 6.04 Å². The van der Waals surface area contributed by atoms with Gasteiger partial charge in [0.1, 0.15) is 0 Å². The minimum Gasteiger partial charge on any atom is -0.264 e. The van der Waals surface area contributed by atoms with Crippen molar-refractivity contribution in [1.82, 2.24) is 0 Å². The molecule has 0 fully saturated rings. The molecule has 0 aromatic heterocycles. The first-order valence-corrected chi connectivity index (χ1v) is 6.01. The van der Waals surface area contributed by atoms with Crippen molar-refractivity contribution in [1.29, 1.82) is 0 Å². The van der Waals surface area contributed by atoms with Crippen LogP contribution in [0.3, 0.4) is 0 Å². The predicted octanol–water partition coefficient (Wildman–Crippen LogP) is 3.35. The van der Waals surface area contributed by atoms with Crippen molar-refractivity contribution < 1.29 is 4.92 Å². The van der Waals surface area contributed by atoms with E-state index in [0.717, 1.165) is 6.42 Å². The molecular formula is C10H21NO2S. The molecule has 0 aromatic rings. The molecule has 2 atom stereocenters. The minimum absolute atomic E-state index is 0.101. The number of hydrogen-bond acceptors (Lipinski definition) is 3. The molecule has 0 radical (unpaired) electrons. The van der Waals surface area contributed by atoms with E-state index in [1.54, 1.807) is 11.8 Å². The fourth-order valence-corrected chi connectivity index (χ4v) is 2.96. The van der Waals surface area contributed by atoms with E-state index in [9.17, 15) is 10.1 Å². The van der Waals surface area contributed by atoms with Crippen LogP contribution in [0.2, 0.25) is 0 Å². The normalized spacial score (nSPS) is 16.4. The molecule has 0 spiro atoms. The van der Waals surface area contributed by atoms with Gasteiger partial charge < -0.3 is 0 Å². The molecule has 0 saturated heterocycles. The van der Waals surface area contributed by atoms with Crippen molar-refractivity contribution in [2.75, 3.05) is 0 Å². The van der Waals surface area contributed by atoms with Gasteiger partial charge in [-0.3, -0.25) is 10.1 Å². The van der Waals surface area contributed by atoms with Gasteiger partial charge >= 0.3 is 0 Å². The molecule has 0 N–H and O–H groups in total. The highest BCUT2D eigenvalue weighted by Gasteiger charge is 2.32. The molecule has 0 heterocycles. The monoisotopic (exact) mass is 219 g/mol. The maximum absolute atomic E-state index is 10.8. The largest absolute Gasteiger partial charge is 0.264 e. The van der Waals surface area contributed by atoms with Gasteiger partial charge in [-0.25, -0.2) is 0 Å². The number of nitro groups is 1. The lowest BCUT2D eigenvalue weighted by Gasteiger charge is -2.26. The van der Waals surface area contributed by atoms with Crippen LogP contribution in [0.4, 0.5) is 0 Å². The second kappa shape index (κ2) is 5.59. The van der Waals surface area contributed by atoms with E-state index in [1.165, 1.54) is 0 Å². The third-order valence-corrected chi connectivity index (χ3v) is 3.68. The molecule has 0 saturated carbocycles. The van der Waals surface area contributed by atoms with Crippen LogP contribution in [0.15, 0.2) is 0 Å². The van der Waals surface area contributed by atoms with Crippen LogP contribution >= 0.6 is 11.8 Å². The Balaban J connectivity index is 4.45. The summed E-state index contributed by atoms with van der Waals surface area (Å²) in [6, 6.07) is -0.399. The van der Waals surface area contributed by atoms with Crippen LogP contribution in [-0.2, 0) is 0 Å². The summed E-state index contributed by atoms with van der Waals surface area (Å²) in [4.78, 5) is 10.7. The summed E-state index contributed by atoms with van der Waals surface area (Å²) in [5.41, 5.74) is 0. The Kier molecular flexibility index (Phi) is 5.49. The Morgan fingerprint density at radius 3 is 2.00 bits per heavy atom. The second-order valence-electron chi connectivity index (χ2n) is 4.44. The lowest BCUT2D eigenvalue weighted by atomic mass is 10.1. The molecule has 0 bridgehead atoms. The molecule has 0 aliphatic carbocycles. The fourth-order valence-electron chi connectivity index (χ4n) is 1.44. The minimum atomic E-state index is -0.399. The molecule has 14 heavy (non-hydrogen) atoms. The first-order valence-electron chi connectivity index (χ1n) is 5.13. The zero-order chi connectivity index (χ0) is 11.4. The Bertz CT molecular complexity index is 189. The highest BCUT2D eigenvalue weighted by atomic mass is 32.2. The standard InChI is InChI=1S/C10H21NO2S/c1-6-8(11(12)13)9(7-2)14-10(3,4)5/h8-9H,6-7H2,1-5H3/t8-,9+/m1/s1. The number of rotatable bonds is 5. The Morgan fingerprint density at radius 1 is 1.29 bits per heavy atom. The first-order chi connectivity index (χ1) is 6.31. The van der Waals surface area contributed by atoms with Crippen LogP contribution in [-0.4, -0.2) is 21.0 Å². The average Bonchev–Trinajstić information content (AvgIpc) is 2.00. The molecular weight excluding hydrogens is 198 g/mol. The van der Waals surface area contributed by atoms with Gasteiger partial charge in [0.05, 0.1) is 5.25 Å². The summed E-state index contributed by atoms with van der Waals surface area (Å²) >= 11 is 1.72. The molecule has 0 aliphatic rings. The Hall–Kier alpha value is -0.250. The summed E-state index contributed by atoms with van der Waals surface area (Å²) < 4.78 is 0.101. The van der Waals surface area contributed by atoms with E-state index in [4.69, 9.17) is 0 Å². The van der Waals surface area contributed by atoms with Crippen molar-refractivity contribution in [3.63, 3.8) is 0 Å². The van der Waals surface area contributed by atoms with Gasteiger partial charge in [-0.1, -0.05) is 34.6 Å². The van der Waals surface area contributed by atoms with Gasteiger partial charge in [0.25, 0.3) is 0 Å². The summed E-state index contributed by atoms with van der Waals surface area (Å²) in [5.74, 6) is 0. The molecule has 4 heteroatoms. The molecule has 84 valence electrons. The third kappa shape index (κ3) is 4.84. The second-order valence-corrected chi connectivity index (χ2v) is 6.50. The van der Waals surface area contributed by atoms with E-state index in [1.807, 2.05) is 13.8 Å². The van der Waals surface area contributed by atoms with E-state index in [2.05, 4.69) is 20.8 Å². The van der Waals surface area contributed by atoms with Gasteiger partial charge in [0.2, 0.25) is 6.04 Å². The Labute approximate surface area is 90.8 Å². The van der Waals surface area contributed by atoms with E-state index in [0.29, 0.717) is 6.42 Å². The van der Waals surface area contributed by atoms with Gasteiger partial charge in [0, 0.05) is 16.1 Å². The summed E-state index contributed by atoms with van der Waals surface area (Å²) in [6.07, 6.45) is 1.48. The summed E-state index contributed by atoms with van der Waals surface area (Å²) in [6.45, 7) is 10.2. The highest BCUT2D eigenvalue weighted by molar-refractivity contribution is 8.01. The SMILES string of the molecule is CC[C@H](SC(C)(C)C)[C@@H](CC)[N+](=O)[O-]. The number of nitrogens with zero attached hydrogens (tertiary/aromatic N) is 1. The zero-order valence-corrected chi connectivity index (χ0v) is 10.6. The van der Waals surface area contributed by atoms with Crippen molar-refractivity contribution >= 4 is 11.8 Å². The van der Waals surface area contributed by atoms with Crippen molar-refractivity contribution in [2.45, 2.75) is 63.5 Å². The maximum Gasteiger partial charge on any atom is 0.224 e. The van der Waals surface area contributed by atoms with Gasteiger partial charge in [0.15, 0.2) is 0 Å². The smallest absolute Gasteiger partial charge is 0.224 e. The highest BCUT2D eigenvalue weighted by Crippen LogP contribution is 2.33. The third-order valence-electron chi connectivity index (χ3n) is 2.03. The molecule has 3 nitrogen and oxygen atoms in total. The maximum atomic E-state index is 10.8. The van der Waals surface area contributed by atoms with Crippen molar-refractivity contribution in [2.24, 2.45) is 0 Å². The summed E-state index contributed by atoms with van der Waals surface area (Å²) in [7, 11) is 0. The predicted molar refractivity (Wildman–Crippen MR) is 62.5 cm³/mol. The average molecular weight is 219 g/mol. The van der Waals surface area contributed by atoms with Crippen LogP contribution < -0.4 is 0 Å². The van der Waals surface area contributed by atoms with Crippen LogP contribution in [0, 0.1) is 10.1 Å². The van der Waals surface area contributed by atoms with Gasteiger partial charge in [-0.2, -0.15) is 0 Å². The van der Waals surface area contributed by atoms with Crippen molar-refractivity contribution in [3.8, 4) is 0 Å². The lowest BCUT2D eigenvalue weighted by Crippen LogP contribution is -2.33. The van der Waals surface area contributed by atoms with Gasteiger partial charge in [-0.05, 0) is 6.42 Å². The van der Waals surface area contributed by atoms with Crippen LogP contribution in [0.5, 0.6) is 0 Å². The number of hydrogen-bond donors (Lipinski definition) is 0. The fraction of sp³-hybridized carbons (Fsp3) is 1.00. The molecule has 0 rings (SSSR count). The van der Waals surface area contributed by atoms with Gasteiger partial charge in [-0.15, -0.1) is 11.8 Å². The Morgan fingerprint density at radius 2 is 1.79 bits per heavy atom. The quantitative estimate of drug-likeness (QED) is 0.526. The van der Waals surface area contributed by atoms with E-state index in [-0.39, 0.29) is 14.9 Å². The van der Waals surface area contributed by atoms with Crippen LogP contribution in [0.25, 0.3) is 0 Å². The zero-order valence-electron chi connectivity index (χ0n) is 9.74. The lowest BCUT2D eigenvalue weighted by molar-refractivity contribution is -0.522. The first kappa shape index (κ1) is 13.8. The molecule has 0 unspecified atom stereocenters. The van der Waals surface area contributed by atoms with E-state index >= 15 is 0 Å². The molecule has 0 aromatic carbocycles. The van der Waals surface area contributed by atoms with Crippen molar-refractivity contribution in [3.05, 3.63) is 10.1 Å². The summed E-state index contributed by atoms with van der Waals surface area (Å²) in [5, 5.41) is 10.9. The topological polar surface area (TPSA) is 43.1 Å². The van der Waals surface area contributed by atoms with Crippen LogP contribution in [0.1, 0.15) is 47.5 Å². The molecule has 0 amide bonds. The molecule has 0 aliphatic heterocycles.